The summed E-state index contributed by atoms with van der Waals surface area (Å²) in [6.45, 7) is 2.82. The van der Waals surface area contributed by atoms with Crippen LogP contribution in [0.5, 0.6) is 0 Å². The number of hydrogen-bond donors (Lipinski definition) is 2. The van der Waals surface area contributed by atoms with E-state index in [4.69, 9.17) is 17.3 Å². The van der Waals surface area contributed by atoms with Gasteiger partial charge in [-0.25, -0.2) is 4.98 Å². The van der Waals surface area contributed by atoms with Crippen LogP contribution in [-0.2, 0) is 11.0 Å². The fourth-order valence-corrected chi connectivity index (χ4v) is 2.97. The number of alkyl halides is 3. The van der Waals surface area contributed by atoms with Gasteiger partial charge in [-0.05, 0) is 25.8 Å². The number of halogens is 4. The quantitative estimate of drug-likeness (QED) is 0.861. The minimum atomic E-state index is -4.49. The molecule has 134 valence electrons. The van der Waals surface area contributed by atoms with Gasteiger partial charge in [0.1, 0.15) is 5.82 Å². The molecular formula is C15H20ClF3N4O. The predicted octanol–water partition coefficient (Wildman–Crippen LogP) is 2.89. The molecule has 1 amide bonds. The van der Waals surface area contributed by atoms with Crippen molar-refractivity contribution in [1.29, 1.82) is 0 Å². The zero-order valence-corrected chi connectivity index (χ0v) is 14.0. The number of pyridine rings is 1. The average Bonchev–Trinajstić information content (AvgIpc) is 2.47. The third-order valence-corrected chi connectivity index (χ3v) is 4.32. The van der Waals surface area contributed by atoms with Gasteiger partial charge in [-0.15, -0.1) is 0 Å². The topological polar surface area (TPSA) is 71.2 Å². The lowest BCUT2D eigenvalue weighted by atomic mass is 9.99. The molecule has 2 atom stereocenters. The van der Waals surface area contributed by atoms with E-state index in [0.29, 0.717) is 12.7 Å². The summed E-state index contributed by atoms with van der Waals surface area (Å²) >= 11 is 5.80. The minimum absolute atomic E-state index is 0.0232. The molecule has 0 aliphatic carbocycles. The largest absolute Gasteiger partial charge is 0.417 e. The molecule has 2 heterocycles. The Morgan fingerprint density at radius 1 is 1.54 bits per heavy atom. The van der Waals surface area contributed by atoms with Crippen LogP contribution in [0, 0.1) is 0 Å². The molecule has 1 fully saturated rings. The van der Waals surface area contributed by atoms with Gasteiger partial charge < -0.3 is 16.0 Å². The maximum Gasteiger partial charge on any atom is 0.417 e. The van der Waals surface area contributed by atoms with Gasteiger partial charge in [0.2, 0.25) is 5.91 Å². The van der Waals surface area contributed by atoms with E-state index in [1.54, 1.807) is 4.90 Å². The number of nitrogens with one attached hydrogen (secondary N) is 1. The normalized spacial score (nSPS) is 21.7. The van der Waals surface area contributed by atoms with E-state index in [9.17, 15) is 18.0 Å². The van der Waals surface area contributed by atoms with Crippen molar-refractivity contribution in [2.45, 2.75) is 44.4 Å². The second-order valence-corrected chi connectivity index (χ2v) is 6.36. The number of nitrogens with zero attached hydrogens (tertiary/aromatic N) is 2. The van der Waals surface area contributed by atoms with Crippen molar-refractivity contribution in [2.24, 2.45) is 5.73 Å². The zero-order chi connectivity index (χ0) is 17.9. The Hall–Kier alpha value is -1.54. The van der Waals surface area contributed by atoms with Gasteiger partial charge in [0.25, 0.3) is 0 Å². The van der Waals surface area contributed by atoms with E-state index < -0.39 is 11.7 Å². The van der Waals surface area contributed by atoms with Crippen molar-refractivity contribution in [1.82, 2.24) is 9.88 Å². The van der Waals surface area contributed by atoms with Gasteiger partial charge in [0, 0.05) is 37.8 Å². The molecule has 9 heteroatoms. The van der Waals surface area contributed by atoms with Crippen LogP contribution in [0.4, 0.5) is 19.0 Å². The van der Waals surface area contributed by atoms with Crippen molar-refractivity contribution in [3.8, 4) is 0 Å². The van der Waals surface area contributed by atoms with Gasteiger partial charge in [0.15, 0.2) is 0 Å². The van der Waals surface area contributed by atoms with Crippen molar-refractivity contribution in [3.63, 3.8) is 0 Å². The number of carbonyl (C=O) groups is 1. The number of anilines is 1. The van der Waals surface area contributed by atoms with Crippen LogP contribution in [0.25, 0.3) is 0 Å². The fraction of sp³-hybridized carbons (Fsp3) is 0.600. The fourth-order valence-electron chi connectivity index (χ4n) is 2.73. The van der Waals surface area contributed by atoms with Gasteiger partial charge in [-0.1, -0.05) is 11.6 Å². The van der Waals surface area contributed by atoms with Gasteiger partial charge >= 0.3 is 6.18 Å². The first-order valence-corrected chi connectivity index (χ1v) is 8.08. The Kier molecular flexibility index (Phi) is 5.92. The summed E-state index contributed by atoms with van der Waals surface area (Å²) < 4.78 is 37.6. The minimum Gasteiger partial charge on any atom is -0.368 e. The van der Waals surface area contributed by atoms with E-state index in [0.717, 1.165) is 18.9 Å². The summed E-state index contributed by atoms with van der Waals surface area (Å²) in [5.74, 6) is 0.108. The molecule has 1 saturated heterocycles. The number of aromatic nitrogens is 1. The molecule has 1 aromatic heterocycles. The number of nitrogens with two attached hydrogens (primary N) is 1. The molecule has 5 nitrogen and oxygen atoms in total. The summed E-state index contributed by atoms with van der Waals surface area (Å²) in [5, 5.41) is 2.67. The second kappa shape index (κ2) is 7.57. The monoisotopic (exact) mass is 364 g/mol. The number of hydrogen-bond acceptors (Lipinski definition) is 4. The van der Waals surface area contributed by atoms with Crippen molar-refractivity contribution < 1.29 is 18.0 Å². The molecule has 0 radical (unpaired) electrons. The number of likely N-dealkylation sites (tertiary alicyclic amines) is 1. The predicted molar refractivity (Wildman–Crippen MR) is 85.7 cm³/mol. The highest BCUT2D eigenvalue weighted by Gasteiger charge is 2.31. The van der Waals surface area contributed by atoms with Crippen LogP contribution < -0.4 is 11.1 Å². The Bertz CT molecular complexity index is 597. The number of piperidine rings is 1. The van der Waals surface area contributed by atoms with Gasteiger partial charge in [-0.3, -0.25) is 4.79 Å². The molecule has 2 rings (SSSR count). The molecule has 3 N–H and O–H groups in total. The van der Waals surface area contributed by atoms with Crippen LogP contribution in [0.3, 0.4) is 0 Å². The zero-order valence-electron chi connectivity index (χ0n) is 13.2. The van der Waals surface area contributed by atoms with Gasteiger partial charge in [0.05, 0.1) is 10.6 Å². The molecule has 0 bridgehead atoms. The summed E-state index contributed by atoms with van der Waals surface area (Å²) in [4.78, 5) is 17.7. The SMILES string of the molecule is C[C@@H]1C[C@@H](N)CCN1C(=O)CCNc1ncc(C(F)(F)F)cc1Cl. The first-order chi connectivity index (χ1) is 11.2. The first kappa shape index (κ1) is 18.8. The van der Waals surface area contributed by atoms with Crippen molar-refractivity contribution in [2.75, 3.05) is 18.4 Å². The summed E-state index contributed by atoms with van der Waals surface area (Å²) in [7, 11) is 0. The molecule has 1 aromatic rings. The van der Waals surface area contributed by atoms with Crippen LogP contribution in [0.2, 0.25) is 5.02 Å². The average molecular weight is 365 g/mol. The maximum absolute atomic E-state index is 12.5. The Morgan fingerprint density at radius 2 is 2.25 bits per heavy atom. The summed E-state index contributed by atoms with van der Waals surface area (Å²) in [6.07, 6.45) is -2.03. The molecule has 1 aliphatic heterocycles. The molecular weight excluding hydrogens is 345 g/mol. The summed E-state index contributed by atoms with van der Waals surface area (Å²) in [6, 6.07) is 1.03. The van der Waals surface area contributed by atoms with E-state index >= 15 is 0 Å². The Balaban J connectivity index is 1.87. The highest BCUT2D eigenvalue weighted by Crippen LogP contribution is 2.32. The van der Waals surface area contributed by atoms with Crippen LogP contribution in [-0.4, -0.2) is 41.0 Å². The highest BCUT2D eigenvalue weighted by atomic mass is 35.5. The van der Waals surface area contributed by atoms with E-state index in [-0.39, 0.29) is 41.8 Å². The molecule has 24 heavy (non-hydrogen) atoms. The summed E-state index contributed by atoms with van der Waals surface area (Å²) in [5.41, 5.74) is 4.96. The Labute approximate surface area is 143 Å². The lowest BCUT2D eigenvalue weighted by Gasteiger charge is -2.36. The Morgan fingerprint density at radius 3 is 2.83 bits per heavy atom. The molecule has 1 aliphatic rings. The van der Waals surface area contributed by atoms with Gasteiger partial charge in [-0.2, -0.15) is 13.2 Å². The smallest absolute Gasteiger partial charge is 0.368 e. The van der Waals surface area contributed by atoms with Crippen LogP contribution >= 0.6 is 11.6 Å². The lowest BCUT2D eigenvalue weighted by molar-refractivity contribution is -0.138. The third-order valence-electron chi connectivity index (χ3n) is 4.04. The first-order valence-electron chi connectivity index (χ1n) is 7.70. The maximum atomic E-state index is 12.5. The molecule has 0 aromatic carbocycles. The highest BCUT2D eigenvalue weighted by molar-refractivity contribution is 6.32. The lowest BCUT2D eigenvalue weighted by Crippen LogP contribution is -2.48. The second-order valence-electron chi connectivity index (χ2n) is 5.95. The standard InChI is InChI=1S/C15H20ClF3N4O/c1-9-6-11(20)3-5-23(9)13(24)2-4-21-14-12(16)7-10(8-22-14)15(17,18)19/h7-9,11H,2-6,20H2,1H3,(H,21,22)/t9-,11+/m1/s1. The number of amides is 1. The molecule has 0 unspecified atom stereocenters. The van der Waals surface area contributed by atoms with E-state index in [1.165, 1.54) is 0 Å². The number of rotatable bonds is 4. The van der Waals surface area contributed by atoms with Crippen LogP contribution in [0.1, 0.15) is 31.7 Å². The molecule has 0 saturated carbocycles. The van der Waals surface area contributed by atoms with Crippen molar-refractivity contribution >= 4 is 23.3 Å². The molecule has 0 spiro atoms. The van der Waals surface area contributed by atoms with E-state index in [1.807, 2.05) is 6.92 Å². The van der Waals surface area contributed by atoms with Crippen molar-refractivity contribution in [3.05, 3.63) is 22.8 Å². The number of carbonyl (C=O) groups excluding carboxylic acids is 1. The van der Waals surface area contributed by atoms with Crippen LogP contribution in [0.15, 0.2) is 12.3 Å². The van der Waals surface area contributed by atoms with E-state index in [2.05, 4.69) is 10.3 Å². The third kappa shape index (κ3) is 4.73.